The van der Waals surface area contributed by atoms with E-state index in [1.165, 1.54) is 0 Å². The standard InChI is InChI=1S/C13H21NO/c1-9(2)5-6-13(12(14)15)8-10-3-4-11(13)7-10/h3-4,9-11H,5-8H2,1-2H3,(H2,14,15)/t10-,11-,13-/m0/s1. The van der Waals surface area contributed by atoms with E-state index in [9.17, 15) is 4.79 Å². The highest BCUT2D eigenvalue weighted by molar-refractivity contribution is 5.82. The number of primary amides is 1. The SMILES string of the molecule is CC(C)CC[C@]1(C(N)=O)C[C@H]2C=C[C@H]1C2. The van der Waals surface area contributed by atoms with Gasteiger partial charge in [0.1, 0.15) is 0 Å². The van der Waals surface area contributed by atoms with E-state index in [0.717, 1.165) is 25.7 Å². The zero-order valence-corrected chi connectivity index (χ0v) is 9.70. The van der Waals surface area contributed by atoms with E-state index in [1.807, 2.05) is 0 Å². The fourth-order valence-corrected chi connectivity index (χ4v) is 3.20. The van der Waals surface area contributed by atoms with Crippen molar-refractivity contribution in [2.24, 2.45) is 28.9 Å². The van der Waals surface area contributed by atoms with Gasteiger partial charge in [-0.2, -0.15) is 0 Å². The molecule has 1 fully saturated rings. The largest absolute Gasteiger partial charge is 0.369 e. The third-order valence-corrected chi connectivity index (χ3v) is 4.17. The Bertz CT molecular complexity index is 295. The average Bonchev–Trinajstić information content (AvgIpc) is 2.74. The fraction of sp³-hybridized carbons (Fsp3) is 0.769. The maximum absolute atomic E-state index is 11.7. The van der Waals surface area contributed by atoms with Crippen LogP contribution in [0.25, 0.3) is 0 Å². The zero-order valence-electron chi connectivity index (χ0n) is 9.70. The van der Waals surface area contributed by atoms with Crippen LogP contribution in [0, 0.1) is 23.2 Å². The van der Waals surface area contributed by atoms with Crippen molar-refractivity contribution in [1.29, 1.82) is 0 Å². The Balaban J connectivity index is 2.12. The lowest BCUT2D eigenvalue weighted by atomic mass is 9.71. The molecule has 2 aliphatic rings. The molecule has 1 amide bonds. The summed E-state index contributed by atoms with van der Waals surface area (Å²) in [5.41, 5.74) is 5.43. The Labute approximate surface area is 91.9 Å². The first-order valence-corrected chi connectivity index (χ1v) is 6.03. The van der Waals surface area contributed by atoms with Crippen LogP contribution in [-0.2, 0) is 4.79 Å². The molecule has 0 unspecified atom stereocenters. The average molecular weight is 207 g/mol. The quantitative estimate of drug-likeness (QED) is 0.707. The molecule has 2 heteroatoms. The molecule has 2 bridgehead atoms. The second-order valence-electron chi connectivity index (χ2n) is 5.64. The first-order chi connectivity index (χ1) is 7.04. The highest BCUT2D eigenvalue weighted by Crippen LogP contribution is 2.54. The topological polar surface area (TPSA) is 43.1 Å². The van der Waals surface area contributed by atoms with Gasteiger partial charge in [-0.3, -0.25) is 4.79 Å². The van der Waals surface area contributed by atoms with Crippen molar-refractivity contribution in [2.75, 3.05) is 0 Å². The van der Waals surface area contributed by atoms with Crippen LogP contribution in [0.1, 0.15) is 39.5 Å². The Kier molecular flexibility index (Phi) is 2.61. The van der Waals surface area contributed by atoms with Crippen molar-refractivity contribution in [1.82, 2.24) is 0 Å². The number of hydrogen-bond donors (Lipinski definition) is 1. The van der Waals surface area contributed by atoms with E-state index >= 15 is 0 Å². The zero-order chi connectivity index (χ0) is 11.1. The molecule has 2 nitrogen and oxygen atoms in total. The van der Waals surface area contributed by atoms with Crippen LogP contribution in [0.5, 0.6) is 0 Å². The third-order valence-electron chi connectivity index (χ3n) is 4.17. The van der Waals surface area contributed by atoms with Crippen molar-refractivity contribution in [3.05, 3.63) is 12.2 Å². The predicted octanol–water partition coefficient (Wildman–Crippen LogP) is 2.49. The molecule has 0 spiro atoms. The summed E-state index contributed by atoms with van der Waals surface area (Å²) in [6, 6.07) is 0. The summed E-state index contributed by atoms with van der Waals surface area (Å²) < 4.78 is 0. The summed E-state index contributed by atoms with van der Waals surface area (Å²) in [5.74, 6) is 1.64. The molecule has 3 atom stereocenters. The fourth-order valence-electron chi connectivity index (χ4n) is 3.20. The van der Waals surface area contributed by atoms with Crippen LogP contribution in [0.3, 0.4) is 0 Å². The summed E-state index contributed by atoms with van der Waals surface area (Å²) in [4.78, 5) is 11.7. The molecule has 0 saturated heterocycles. The van der Waals surface area contributed by atoms with Crippen molar-refractivity contribution >= 4 is 5.91 Å². The summed E-state index contributed by atoms with van der Waals surface area (Å²) in [7, 11) is 0. The highest BCUT2D eigenvalue weighted by Gasteiger charge is 2.51. The van der Waals surface area contributed by atoms with E-state index in [4.69, 9.17) is 5.73 Å². The first-order valence-electron chi connectivity index (χ1n) is 6.03. The summed E-state index contributed by atoms with van der Waals surface area (Å²) in [5, 5.41) is 0. The van der Waals surface area contributed by atoms with Crippen molar-refractivity contribution in [3.8, 4) is 0 Å². The molecule has 0 aromatic rings. The van der Waals surface area contributed by atoms with Gasteiger partial charge in [-0.15, -0.1) is 0 Å². The molecule has 0 aliphatic heterocycles. The van der Waals surface area contributed by atoms with Crippen molar-refractivity contribution in [3.63, 3.8) is 0 Å². The van der Waals surface area contributed by atoms with Crippen LogP contribution in [0.2, 0.25) is 0 Å². The lowest BCUT2D eigenvalue weighted by molar-refractivity contribution is -0.129. The molecule has 0 heterocycles. The molecule has 84 valence electrons. The lowest BCUT2D eigenvalue weighted by Crippen LogP contribution is -2.40. The number of amides is 1. The van der Waals surface area contributed by atoms with Gasteiger partial charge in [0.2, 0.25) is 5.91 Å². The van der Waals surface area contributed by atoms with Crippen LogP contribution >= 0.6 is 0 Å². The van der Waals surface area contributed by atoms with Crippen LogP contribution in [0.15, 0.2) is 12.2 Å². The van der Waals surface area contributed by atoms with Gasteiger partial charge in [0.25, 0.3) is 0 Å². The third kappa shape index (κ3) is 1.70. The Morgan fingerprint density at radius 3 is 2.67 bits per heavy atom. The van der Waals surface area contributed by atoms with Crippen LogP contribution in [-0.4, -0.2) is 5.91 Å². The van der Waals surface area contributed by atoms with E-state index in [1.54, 1.807) is 0 Å². The summed E-state index contributed by atoms with van der Waals surface area (Å²) in [6.45, 7) is 4.41. The van der Waals surface area contributed by atoms with Crippen molar-refractivity contribution < 1.29 is 4.79 Å². The minimum absolute atomic E-state index is 0.0694. The van der Waals surface area contributed by atoms with E-state index < -0.39 is 0 Å². The monoisotopic (exact) mass is 207 g/mol. The number of rotatable bonds is 4. The molecule has 2 N–H and O–H groups in total. The summed E-state index contributed by atoms with van der Waals surface area (Å²) >= 11 is 0. The number of fused-ring (bicyclic) bond motifs is 2. The Hall–Kier alpha value is -0.790. The number of carbonyl (C=O) groups is 1. The Morgan fingerprint density at radius 1 is 1.53 bits per heavy atom. The predicted molar refractivity (Wildman–Crippen MR) is 61.1 cm³/mol. The highest BCUT2D eigenvalue weighted by atomic mass is 16.1. The van der Waals surface area contributed by atoms with Gasteiger partial charge in [-0.25, -0.2) is 0 Å². The summed E-state index contributed by atoms with van der Waals surface area (Å²) in [6.07, 6.45) is 8.73. The van der Waals surface area contributed by atoms with Crippen molar-refractivity contribution in [2.45, 2.75) is 39.5 Å². The molecule has 0 aromatic carbocycles. The van der Waals surface area contributed by atoms with Gasteiger partial charge in [0.15, 0.2) is 0 Å². The van der Waals surface area contributed by atoms with Gasteiger partial charge >= 0.3 is 0 Å². The maximum atomic E-state index is 11.7. The second kappa shape index (κ2) is 3.66. The van der Waals surface area contributed by atoms with E-state index in [0.29, 0.717) is 17.8 Å². The molecule has 0 aromatic heterocycles. The van der Waals surface area contributed by atoms with Gasteiger partial charge in [0.05, 0.1) is 5.41 Å². The van der Waals surface area contributed by atoms with Crippen LogP contribution < -0.4 is 5.73 Å². The lowest BCUT2D eigenvalue weighted by Gasteiger charge is -2.33. The van der Waals surface area contributed by atoms with Gasteiger partial charge in [-0.1, -0.05) is 26.0 Å². The minimum atomic E-state index is -0.205. The van der Waals surface area contributed by atoms with E-state index in [-0.39, 0.29) is 11.3 Å². The molecular weight excluding hydrogens is 186 g/mol. The number of hydrogen-bond acceptors (Lipinski definition) is 1. The van der Waals surface area contributed by atoms with Crippen LogP contribution in [0.4, 0.5) is 0 Å². The molecule has 1 saturated carbocycles. The minimum Gasteiger partial charge on any atom is -0.369 e. The molecule has 2 aliphatic carbocycles. The van der Waals surface area contributed by atoms with E-state index in [2.05, 4.69) is 26.0 Å². The first kappa shape index (κ1) is 10.7. The molecule has 0 radical (unpaired) electrons. The van der Waals surface area contributed by atoms with Gasteiger partial charge in [0, 0.05) is 0 Å². The number of carbonyl (C=O) groups excluding carboxylic acids is 1. The smallest absolute Gasteiger partial charge is 0.224 e. The Morgan fingerprint density at radius 2 is 2.27 bits per heavy atom. The maximum Gasteiger partial charge on any atom is 0.224 e. The normalized spacial score (nSPS) is 37.8. The number of allylic oxidation sites excluding steroid dienone is 2. The van der Waals surface area contributed by atoms with Gasteiger partial charge < -0.3 is 5.73 Å². The van der Waals surface area contributed by atoms with Gasteiger partial charge in [-0.05, 0) is 43.4 Å². The molecule has 2 rings (SSSR count). The molecule has 15 heavy (non-hydrogen) atoms. The molecular formula is C13H21NO. The second-order valence-corrected chi connectivity index (χ2v) is 5.64. The number of nitrogens with two attached hydrogens (primary N) is 1.